The van der Waals surface area contributed by atoms with Crippen molar-refractivity contribution in [2.45, 2.75) is 12.8 Å². The van der Waals surface area contributed by atoms with Crippen molar-refractivity contribution in [1.29, 1.82) is 0 Å². The molecule has 0 aliphatic rings. The Hall–Kier alpha value is -1.04. The minimum atomic E-state index is -0.216. The Balaban J connectivity index is 2.21. The summed E-state index contributed by atoms with van der Waals surface area (Å²) in [7, 11) is 3.22. The Labute approximate surface area is 83.5 Å². The zero-order valence-corrected chi connectivity index (χ0v) is 8.43. The van der Waals surface area contributed by atoms with Gasteiger partial charge < -0.3 is 14.8 Å². The highest BCUT2D eigenvalue weighted by Crippen LogP contribution is 1.91. The molecule has 14 heavy (non-hydrogen) atoms. The molecule has 1 heterocycles. The van der Waals surface area contributed by atoms with Crippen molar-refractivity contribution in [2.75, 3.05) is 20.8 Å². The molecule has 1 aromatic rings. The maximum atomic E-state index is 5.02. The normalized spacial score (nSPS) is 10.8. The molecule has 5 nitrogen and oxygen atoms in total. The molecular formula is C9H15N3O2. The van der Waals surface area contributed by atoms with Gasteiger partial charge in [0.2, 0.25) is 0 Å². The molecule has 0 fully saturated rings. The monoisotopic (exact) mass is 197 g/mol. The van der Waals surface area contributed by atoms with Gasteiger partial charge in [-0.1, -0.05) is 0 Å². The zero-order chi connectivity index (χ0) is 10.2. The van der Waals surface area contributed by atoms with E-state index >= 15 is 0 Å². The number of methoxy groups -OCH3 is 2. The van der Waals surface area contributed by atoms with Gasteiger partial charge in [0.25, 0.3) is 0 Å². The van der Waals surface area contributed by atoms with E-state index in [1.807, 2.05) is 0 Å². The van der Waals surface area contributed by atoms with Gasteiger partial charge >= 0.3 is 0 Å². The van der Waals surface area contributed by atoms with Crippen LogP contribution in [0.25, 0.3) is 0 Å². The third-order valence-corrected chi connectivity index (χ3v) is 1.76. The molecule has 0 saturated carbocycles. The van der Waals surface area contributed by atoms with Crippen LogP contribution >= 0.6 is 0 Å². The van der Waals surface area contributed by atoms with E-state index in [1.54, 1.807) is 32.8 Å². The van der Waals surface area contributed by atoms with Crippen LogP contribution in [0.15, 0.2) is 18.6 Å². The highest BCUT2D eigenvalue weighted by Gasteiger charge is 2.03. The summed E-state index contributed by atoms with van der Waals surface area (Å²) in [5, 5.41) is 3.15. The summed E-state index contributed by atoms with van der Waals surface area (Å²) < 4.78 is 10.0. The molecule has 0 aliphatic heterocycles. The molecule has 1 aromatic heterocycles. The first-order valence-electron chi connectivity index (χ1n) is 4.38. The Morgan fingerprint density at radius 2 is 2.14 bits per heavy atom. The van der Waals surface area contributed by atoms with Gasteiger partial charge in [-0.3, -0.25) is 9.97 Å². The molecule has 0 aliphatic carbocycles. The van der Waals surface area contributed by atoms with Crippen LogP contribution in [0.1, 0.15) is 5.69 Å². The Morgan fingerprint density at radius 3 is 2.71 bits per heavy atom. The second-order valence-corrected chi connectivity index (χ2v) is 2.73. The molecule has 78 valence electrons. The fourth-order valence-corrected chi connectivity index (χ4v) is 1.00. The number of aromatic nitrogens is 2. The van der Waals surface area contributed by atoms with Gasteiger partial charge in [-0.2, -0.15) is 0 Å². The third-order valence-electron chi connectivity index (χ3n) is 1.76. The molecule has 1 rings (SSSR count). The van der Waals surface area contributed by atoms with Crippen LogP contribution in [0, 0.1) is 0 Å². The number of hydrogen-bond acceptors (Lipinski definition) is 5. The van der Waals surface area contributed by atoms with Crippen LogP contribution in [0.3, 0.4) is 0 Å². The number of rotatable bonds is 6. The molecule has 0 atom stereocenters. The second kappa shape index (κ2) is 6.42. The van der Waals surface area contributed by atoms with Crippen LogP contribution in [-0.4, -0.2) is 37.0 Å². The molecule has 0 amide bonds. The van der Waals surface area contributed by atoms with Crippen LogP contribution in [0.2, 0.25) is 0 Å². The molecule has 0 aromatic carbocycles. The number of ether oxygens (including phenoxy) is 2. The standard InChI is InChI=1S/C9H15N3O2/c1-13-9(14-2)7-11-6-8-5-10-3-4-12-8/h3-5,9,11H,6-7H2,1-2H3. The molecule has 1 N–H and O–H groups in total. The van der Waals surface area contributed by atoms with Gasteiger partial charge in [0.05, 0.1) is 5.69 Å². The summed E-state index contributed by atoms with van der Waals surface area (Å²) in [4.78, 5) is 8.08. The van der Waals surface area contributed by atoms with Crippen molar-refractivity contribution < 1.29 is 9.47 Å². The quantitative estimate of drug-likeness (QED) is 0.659. The van der Waals surface area contributed by atoms with Gasteiger partial charge in [-0.05, 0) is 0 Å². The van der Waals surface area contributed by atoms with Gasteiger partial charge in [-0.15, -0.1) is 0 Å². The highest BCUT2D eigenvalue weighted by molar-refractivity contribution is 4.93. The Morgan fingerprint density at radius 1 is 1.36 bits per heavy atom. The summed E-state index contributed by atoms with van der Waals surface area (Å²) in [5.41, 5.74) is 0.901. The maximum absolute atomic E-state index is 5.02. The van der Waals surface area contributed by atoms with E-state index in [0.29, 0.717) is 13.1 Å². The van der Waals surface area contributed by atoms with E-state index in [9.17, 15) is 0 Å². The second-order valence-electron chi connectivity index (χ2n) is 2.73. The van der Waals surface area contributed by atoms with Crippen LogP contribution in [0.4, 0.5) is 0 Å². The summed E-state index contributed by atoms with van der Waals surface area (Å²) in [6, 6.07) is 0. The SMILES string of the molecule is COC(CNCc1cnccn1)OC. The van der Waals surface area contributed by atoms with E-state index in [1.165, 1.54) is 0 Å². The van der Waals surface area contributed by atoms with Crippen LogP contribution in [0.5, 0.6) is 0 Å². The first-order valence-corrected chi connectivity index (χ1v) is 4.38. The van der Waals surface area contributed by atoms with Gasteiger partial charge in [0, 0.05) is 45.9 Å². The Kier molecular flexibility index (Phi) is 5.06. The predicted octanol–water partition coefficient (Wildman–Crippen LogP) is 0.185. The highest BCUT2D eigenvalue weighted by atomic mass is 16.7. The van der Waals surface area contributed by atoms with Crippen LogP contribution in [-0.2, 0) is 16.0 Å². The van der Waals surface area contributed by atoms with Crippen molar-refractivity contribution in [3.8, 4) is 0 Å². The lowest BCUT2D eigenvalue weighted by Gasteiger charge is -2.13. The van der Waals surface area contributed by atoms with Crippen molar-refractivity contribution in [3.63, 3.8) is 0 Å². The largest absolute Gasteiger partial charge is 0.355 e. The van der Waals surface area contributed by atoms with E-state index < -0.39 is 0 Å². The smallest absolute Gasteiger partial charge is 0.169 e. The molecule has 0 saturated heterocycles. The number of hydrogen-bond donors (Lipinski definition) is 1. The number of nitrogens with zero attached hydrogens (tertiary/aromatic N) is 2. The lowest BCUT2D eigenvalue weighted by atomic mass is 10.4. The molecular weight excluding hydrogens is 182 g/mol. The van der Waals surface area contributed by atoms with Crippen molar-refractivity contribution >= 4 is 0 Å². The van der Waals surface area contributed by atoms with Crippen LogP contribution < -0.4 is 5.32 Å². The zero-order valence-electron chi connectivity index (χ0n) is 8.43. The summed E-state index contributed by atoms with van der Waals surface area (Å²) in [5.74, 6) is 0. The molecule has 0 unspecified atom stereocenters. The first-order chi connectivity index (χ1) is 6.86. The van der Waals surface area contributed by atoms with E-state index in [2.05, 4.69) is 15.3 Å². The topological polar surface area (TPSA) is 56.3 Å². The maximum Gasteiger partial charge on any atom is 0.169 e. The summed E-state index contributed by atoms with van der Waals surface area (Å²) in [6.07, 6.45) is 4.82. The van der Waals surface area contributed by atoms with Crippen molar-refractivity contribution in [2.24, 2.45) is 0 Å². The molecule has 0 spiro atoms. The lowest BCUT2D eigenvalue weighted by molar-refractivity contribution is -0.0989. The van der Waals surface area contributed by atoms with E-state index in [4.69, 9.17) is 9.47 Å². The average Bonchev–Trinajstić information content (AvgIpc) is 2.26. The minimum absolute atomic E-state index is 0.216. The summed E-state index contributed by atoms with van der Waals surface area (Å²) in [6.45, 7) is 1.29. The van der Waals surface area contributed by atoms with Gasteiger partial charge in [-0.25, -0.2) is 0 Å². The lowest BCUT2D eigenvalue weighted by Crippen LogP contribution is -2.29. The molecule has 0 radical (unpaired) electrons. The van der Waals surface area contributed by atoms with Crippen molar-refractivity contribution in [3.05, 3.63) is 24.3 Å². The third kappa shape index (κ3) is 3.78. The van der Waals surface area contributed by atoms with Crippen molar-refractivity contribution in [1.82, 2.24) is 15.3 Å². The fourth-order valence-electron chi connectivity index (χ4n) is 1.00. The predicted molar refractivity (Wildman–Crippen MR) is 51.5 cm³/mol. The minimum Gasteiger partial charge on any atom is -0.355 e. The summed E-state index contributed by atoms with van der Waals surface area (Å²) >= 11 is 0. The van der Waals surface area contributed by atoms with Gasteiger partial charge in [0.15, 0.2) is 6.29 Å². The number of nitrogens with one attached hydrogen (secondary N) is 1. The first kappa shape index (κ1) is 11.0. The average molecular weight is 197 g/mol. The van der Waals surface area contributed by atoms with E-state index in [-0.39, 0.29) is 6.29 Å². The molecule has 5 heteroatoms. The van der Waals surface area contributed by atoms with Gasteiger partial charge in [0.1, 0.15) is 0 Å². The van der Waals surface area contributed by atoms with E-state index in [0.717, 1.165) is 5.69 Å². The molecule has 0 bridgehead atoms. The Bertz CT molecular complexity index is 239. The fraction of sp³-hybridized carbons (Fsp3) is 0.556.